The molecule has 1 amide bonds. The highest BCUT2D eigenvalue weighted by Gasteiger charge is 2.17. The van der Waals surface area contributed by atoms with Gasteiger partial charge in [0.2, 0.25) is 5.91 Å². The molecule has 0 fully saturated rings. The first kappa shape index (κ1) is 21.9. The van der Waals surface area contributed by atoms with Crippen molar-refractivity contribution < 1.29 is 14.3 Å². The average molecular weight is 468 g/mol. The molecule has 0 aliphatic carbocycles. The molecule has 2 aromatic carbocycles. The number of thiophene rings is 1. The third kappa shape index (κ3) is 4.49. The van der Waals surface area contributed by atoms with Gasteiger partial charge in [-0.1, -0.05) is 42.1 Å². The Morgan fingerprint density at radius 2 is 1.94 bits per heavy atom. The van der Waals surface area contributed by atoms with E-state index in [9.17, 15) is 9.59 Å². The summed E-state index contributed by atoms with van der Waals surface area (Å²) in [4.78, 5) is 34.4. The van der Waals surface area contributed by atoms with Crippen LogP contribution in [0.2, 0.25) is 0 Å². The highest BCUT2D eigenvalue weighted by molar-refractivity contribution is 7.99. The average Bonchev–Trinajstić information content (AvgIpc) is 3.14. The molecule has 0 aliphatic heterocycles. The summed E-state index contributed by atoms with van der Waals surface area (Å²) >= 11 is 2.65. The maximum atomic E-state index is 12.9. The number of aromatic amines is 1. The van der Waals surface area contributed by atoms with E-state index in [1.165, 1.54) is 30.2 Å². The Bertz CT molecular complexity index is 1330. The zero-order valence-corrected chi connectivity index (χ0v) is 19.4. The van der Waals surface area contributed by atoms with Crippen LogP contribution in [0.4, 0.5) is 5.69 Å². The Morgan fingerprint density at radius 3 is 2.66 bits per heavy atom. The lowest BCUT2D eigenvalue weighted by atomic mass is 10.0. The van der Waals surface area contributed by atoms with Crippen LogP contribution in [-0.4, -0.2) is 35.8 Å². The lowest BCUT2D eigenvalue weighted by molar-refractivity contribution is -0.113. The third-order valence-corrected chi connectivity index (χ3v) is 6.67. The van der Waals surface area contributed by atoms with E-state index in [0.29, 0.717) is 32.6 Å². The first-order chi connectivity index (χ1) is 15.5. The maximum Gasteiger partial charge on any atom is 0.260 e. The summed E-state index contributed by atoms with van der Waals surface area (Å²) in [6.07, 6.45) is 0. The predicted molar refractivity (Wildman–Crippen MR) is 129 cm³/mol. The van der Waals surface area contributed by atoms with E-state index in [2.05, 4.69) is 15.3 Å². The molecule has 7 nitrogen and oxygen atoms in total. The van der Waals surface area contributed by atoms with Crippen molar-refractivity contribution in [2.24, 2.45) is 0 Å². The number of anilines is 1. The fraction of sp³-hybridized carbons (Fsp3) is 0.174. The van der Waals surface area contributed by atoms with Crippen LogP contribution in [0.25, 0.3) is 21.3 Å². The van der Waals surface area contributed by atoms with Gasteiger partial charge in [-0.2, -0.15) is 0 Å². The molecule has 0 unspecified atom stereocenters. The van der Waals surface area contributed by atoms with Crippen molar-refractivity contribution in [1.29, 1.82) is 0 Å². The van der Waals surface area contributed by atoms with Crippen molar-refractivity contribution >= 4 is 44.9 Å². The molecule has 0 atom stereocenters. The molecule has 0 bridgehead atoms. The van der Waals surface area contributed by atoms with E-state index >= 15 is 0 Å². The topological polar surface area (TPSA) is 93.3 Å². The number of H-pyrrole nitrogens is 1. The zero-order valence-electron chi connectivity index (χ0n) is 17.7. The van der Waals surface area contributed by atoms with Crippen molar-refractivity contribution in [3.63, 3.8) is 0 Å². The van der Waals surface area contributed by atoms with Crippen LogP contribution in [0, 0.1) is 6.92 Å². The van der Waals surface area contributed by atoms with E-state index in [0.717, 1.165) is 16.0 Å². The Hall–Kier alpha value is -3.30. The van der Waals surface area contributed by atoms with E-state index in [-0.39, 0.29) is 17.2 Å². The summed E-state index contributed by atoms with van der Waals surface area (Å²) in [7, 11) is 3.09. The van der Waals surface area contributed by atoms with Crippen LogP contribution >= 0.6 is 23.1 Å². The maximum absolute atomic E-state index is 12.9. The van der Waals surface area contributed by atoms with Crippen molar-refractivity contribution in [2.75, 3.05) is 25.3 Å². The fourth-order valence-corrected chi connectivity index (χ4v) is 5.11. The summed E-state index contributed by atoms with van der Waals surface area (Å²) in [6.45, 7) is 1.98. The number of hydrogen-bond donors (Lipinski definition) is 2. The number of aryl methyl sites for hydroxylation is 1. The standard InChI is InChI=1S/C23H21N3O4S2/c1-13-19(14-7-5-4-6-8-14)20-21(28)25-23(26-22(20)32-13)31-12-18(27)24-16-10-9-15(29-2)11-17(16)30-3/h4-11H,12H2,1-3H3,(H,24,27)(H,25,26,28). The molecule has 9 heteroatoms. The minimum absolute atomic E-state index is 0.0829. The van der Waals surface area contributed by atoms with Gasteiger partial charge >= 0.3 is 0 Å². The van der Waals surface area contributed by atoms with Crippen molar-refractivity contribution in [3.8, 4) is 22.6 Å². The quantitative estimate of drug-likeness (QED) is 0.302. The number of amides is 1. The normalized spacial score (nSPS) is 10.8. The number of nitrogens with zero attached hydrogens (tertiary/aromatic N) is 1. The number of rotatable bonds is 7. The number of methoxy groups -OCH3 is 2. The predicted octanol–water partition coefficient (Wildman–Crippen LogP) is 4.71. The van der Waals surface area contributed by atoms with Crippen LogP contribution in [0.3, 0.4) is 0 Å². The summed E-state index contributed by atoms with van der Waals surface area (Å²) in [5, 5.41) is 3.79. The summed E-state index contributed by atoms with van der Waals surface area (Å²) < 4.78 is 10.5. The van der Waals surface area contributed by atoms with Gasteiger partial charge in [-0.15, -0.1) is 11.3 Å². The fourth-order valence-electron chi connectivity index (χ4n) is 3.34. The van der Waals surface area contributed by atoms with Gasteiger partial charge < -0.3 is 19.8 Å². The van der Waals surface area contributed by atoms with Gasteiger partial charge in [0.1, 0.15) is 16.3 Å². The van der Waals surface area contributed by atoms with Crippen LogP contribution in [-0.2, 0) is 4.79 Å². The molecular formula is C23H21N3O4S2. The van der Waals surface area contributed by atoms with Gasteiger partial charge in [-0.05, 0) is 24.6 Å². The molecule has 0 saturated carbocycles. The second-order valence-corrected chi connectivity index (χ2v) is 9.02. The SMILES string of the molecule is COc1ccc(NC(=O)CSc2nc3sc(C)c(-c4ccccc4)c3c(=O)[nH]2)c(OC)c1. The summed E-state index contributed by atoms with van der Waals surface area (Å²) in [5.74, 6) is 0.969. The molecule has 164 valence electrons. The minimum Gasteiger partial charge on any atom is -0.497 e. The molecule has 2 aromatic heterocycles. The van der Waals surface area contributed by atoms with Crippen LogP contribution in [0.5, 0.6) is 11.5 Å². The number of fused-ring (bicyclic) bond motifs is 1. The largest absolute Gasteiger partial charge is 0.497 e. The Kier molecular flexibility index (Phi) is 6.48. The van der Waals surface area contributed by atoms with E-state index < -0.39 is 0 Å². The van der Waals surface area contributed by atoms with Gasteiger partial charge in [0, 0.05) is 16.5 Å². The van der Waals surface area contributed by atoms with Gasteiger partial charge in [0.05, 0.1) is 31.0 Å². The molecule has 2 N–H and O–H groups in total. The molecular weight excluding hydrogens is 446 g/mol. The number of carbonyl (C=O) groups is 1. The van der Waals surface area contributed by atoms with Crippen molar-refractivity contribution in [1.82, 2.24) is 9.97 Å². The number of hydrogen-bond acceptors (Lipinski definition) is 7. The number of thioether (sulfide) groups is 1. The van der Waals surface area contributed by atoms with Crippen LogP contribution in [0.1, 0.15) is 4.88 Å². The van der Waals surface area contributed by atoms with Crippen molar-refractivity contribution in [3.05, 3.63) is 63.8 Å². The van der Waals surface area contributed by atoms with E-state index in [1.54, 1.807) is 25.3 Å². The number of benzene rings is 2. The highest BCUT2D eigenvalue weighted by atomic mass is 32.2. The molecule has 32 heavy (non-hydrogen) atoms. The highest BCUT2D eigenvalue weighted by Crippen LogP contribution is 2.36. The van der Waals surface area contributed by atoms with Gasteiger partial charge in [-0.25, -0.2) is 4.98 Å². The molecule has 0 aliphatic rings. The molecule has 0 radical (unpaired) electrons. The Morgan fingerprint density at radius 1 is 1.16 bits per heavy atom. The Balaban J connectivity index is 1.52. The van der Waals surface area contributed by atoms with E-state index in [4.69, 9.17) is 9.47 Å². The molecule has 4 rings (SSSR count). The summed E-state index contributed by atoms with van der Waals surface area (Å²) in [6, 6.07) is 14.9. The van der Waals surface area contributed by atoms with Crippen LogP contribution in [0.15, 0.2) is 58.5 Å². The van der Waals surface area contributed by atoms with Crippen molar-refractivity contribution in [2.45, 2.75) is 12.1 Å². The first-order valence-corrected chi connectivity index (χ1v) is 11.5. The monoisotopic (exact) mass is 467 g/mol. The molecule has 0 saturated heterocycles. The lowest BCUT2D eigenvalue weighted by Gasteiger charge is -2.11. The number of ether oxygens (including phenoxy) is 2. The third-order valence-electron chi connectivity index (χ3n) is 4.80. The zero-order chi connectivity index (χ0) is 22.7. The van der Waals surface area contributed by atoms with Gasteiger partial charge in [-0.3, -0.25) is 9.59 Å². The van der Waals surface area contributed by atoms with Gasteiger partial charge in [0.15, 0.2) is 5.16 Å². The molecule has 2 heterocycles. The second-order valence-electron chi connectivity index (χ2n) is 6.85. The Labute approximate surface area is 192 Å². The van der Waals surface area contributed by atoms with E-state index in [1.807, 2.05) is 37.3 Å². The number of nitrogens with one attached hydrogen (secondary N) is 2. The summed E-state index contributed by atoms with van der Waals surface area (Å²) in [5.41, 5.74) is 2.21. The lowest BCUT2D eigenvalue weighted by Crippen LogP contribution is -2.16. The van der Waals surface area contributed by atoms with Gasteiger partial charge in [0.25, 0.3) is 5.56 Å². The van der Waals surface area contributed by atoms with Crippen LogP contribution < -0.4 is 20.3 Å². The second kappa shape index (κ2) is 9.46. The first-order valence-electron chi connectivity index (χ1n) is 9.73. The number of aromatic nitrogens is 2. The number of carbonyl (C=O) groups excluding carboxylic acids is 1. The molecule has 4 aromatic rings. The smallest absolute Gasteiger partial charge is 0.260 e. The molecule has 0 spiro atoms. The minimum atomic E-state index is -0.242.